The van der Waals surface area contributed by atoms with Gasteiger partial charge in [0.1, 0.15) is 0 Å². The van der Waals surface area contributed by atoms with E-state index in [1.807, 2.05) is 24.3 Å². The summed E-state index contributed by atoms with van der Waals surface area (Å²) in [7, 11) is 0. The van der Waals surface area contributed by atoms with E-state index in [-0.39, 0.29) is 5.91 Å². The molecule has 138 valence electrons. The second kappa shape index (κ2) is 8.32. The molecule has 0 saturated carbocycles. The monoisotopic (exact) mass is 352 g/mol. The summed E-state index contributed by atoms with van der Waals surface area (Å²) in [5.74, 6) is -0.152. The molecule has 0 unspecified atom stereocenters. The number of aryl methyl sites for hydroxylation is 2. The normalized spacial score (nSPS) is 15.1. The molecule has 3 rings (SSSR count). The third-order valence-corrected chi connectivity index (χ3v) is 4.95. The van der Waals surface area contributed by atoms with Gasteiger partial charge in [0.2, 0.25) is 0 Å². The number of nitrogens with one attached hydrogen (secondary N) is 1. The number of benzene rings is 1. The highest BCUT2D eigenvalue weighted by Crippen LogP contribution is 2.17. The Morgan fingerprint density at radius 1 is 1.04 bits per heavy atom. The van der Waals surface area contributed by atoms with Gasteiger partial charge in [0.05, 0.1) is 0 Å². The molecule has 1 N–H and O–H groups in total. The van der Waals surface area contributed by atoms with Gasteiger partial charge in [-0.1, -0.05) is 6.92 Å². The van der Waals surface area contributed by atoms with Crippen LogP contribution in [-0.4, -0.2) is 40.7 Å². The fourth-order valence-electron chi connectivity index (χ4n) is 3.49. The minimum atomic E-state index is -0.152. The van der Waals surface area contributed by atoms with E-state index in [9.17, 15) is 4.79 Å². The predicted molar refractivity (Wildman–Crippen MR) is 106 cm³/mol. The average Bonchev–Trinajstić information content (AvgIpc) is 3.00. The number of carbonyl (C=O) groups excluding carboxylic acids is 1. The minimum Gasteiger partial charge on any atom is -0.319 e. The van der Waals surface area contributed by atoms with Crippen LogP contribution in [0.15, 0.2) is 41.5 Å². The van der Waals surface area contributed by atoms with E-state index < -0.39 is 0 Å². The minimum absolute atomic E-state index is 0.152. The van der Waals surface area contributed by atoms with E-state index in [4.69, 9.17) is 0 Å². The Morgan fingerprint density at radius 2 is 1.65 bits per heavy atom. The van der Waals surface area contributed by atoms with Crippen molar-refractivity contribution in [2.24, 2.45) is 5.10 Å². The molecule has 1 aliphatic heterocycles. The van der Waals surface area contributed by atoms with Gasteiger partial charge in [-0.25, -0.2) is 5.43 Å². The molecular weight excluding hydrogens is 324 g/mol. The van der Waals surface area contributed by atoms with Crippen LogP contribution in [0.4, 0.5) is 0 Å². The van der Waals surface area contributed by atoms with Crippen LogP contribution in [0.2, 0.25) is 0 Å². The molecule has 0 radical (unpaired) electrons. The molecule has 0 atom stereocenters. The maximum absolute atomic E-state index is 12.4. The van der Waals surface area contributed by atoms with Crippen molar-refractivity contribution in [3.63, 3.8) is 0 Å². The fraction of sp³-hybridized carbons (Fsp3) is 0.429. The first-order valence-corrected chi connectivity index (χ1v) is 9.42. The van der Waals surface area contributed by atoms with Crippen LogP contribution in [0.3, 0.4) is 0 Å². The van der Waals surface area contributed by atoms with E-state index in [0.29, 0.717) is 5.56 Å². The van der Waals surface area contributed by atoms with E-state index in [1.165, 1.54) is 17.8 Å². The van der Waals surface area contributed by atoms with Crippen molar-refractivity contribution in [1.82, 2.24) is 14.9 Å². The van der Waals surface area contributed by atoms with Crippen molar-refractivity contribution >= 4 is 11.6 Å². The number of amides is 1. The first-order valence-electron chi connectivity index (χ1n) is 9.42. The number of aromatic nitrogens is 1. The fourth-order valence-corrected chi connectivity index (χ4v) is 3.49. The molecule has 1 fully saturated rings. The van der Waals surface area contributed by atoms with Gasteiger partial charge in [-0.2, -0.15) is 5.10 Å². The van der Waals surface area contributed by atoms with Crippen LogP contribution in [0.25, 0.3) is 5.69 Å². The SMILES string of the molecule is CCCN1CCC(=NNC(=O)c2ccc(-n3c(C)ccc3C)cc2)CC1. The second-order valence-corrected chi connectivity index (χ2v) is 6.96. The number of piperidine rings is 1. The third-order valence-electron chi connectivity index (χ3n) is 4.95. The van der Waals surface area contributed by atoms with Crippen LogP contribution >= 0.6 is 0 Å². The topological polar surface area (TPSA) is 49.6 Å². The van der Waals surface area contributed by atoms with Gasteiger partial charge in [0.25, 0.3) is 5.91 Å². The van der Waals surface area contributed by atoms with Crippen LogP contribution in [-0.2, 0) is 0 Å². The molecule has 2 aromatic rings. The smallest absolute Gasteiger partial charge is 0.271 e. The third kappa shape index (κ3) is 4.22. The summed E-state index contributed by atoms with van der Waals surface area (Å²) in [4.78, 5) is 14.8. The van der Waals surface area contributed by atoms with Crippen LogP contribution in [0.5, 0.6) is 0 Å². The highest BCUT2D eigenvalue weighted by atomic mass is 16.2. The largest absolute Gasteiger partial charge is 0.319 e. The van der Waals surface area contributed by atoms with E-state index >= 15 is 0 Å². The molecule has 0 aliphatic carbocycles. The summed E-state index contributed by atoms with van der Waals surface area (Å²) in [6, 6.07) is 11.9. The lowest BCUT2D eigenvalue weighted by Gasteiger charge is -2.26. The Balaban J connectivity index is 1.60. The number of hydrogen-bond donors (Lipinski definition) is 1. The second-order valence-electron chi connectivity index (χ2n) is 6.96. The summed E-state index contributed by atoms with van der Waals surface area (Å²) in [5.41, 5.74) is 7.86. The Bertz CT molecular complexity index is 759. The van der Waals surface area contributed by atoms with E-state index in [1.54, 1.807) is 0 Å². The van der Waals surface area contributed by atoms with Crippen molar-refractivity contribution in [1.29, 1.82) is 0 Å². The highest BCUT2D eigenvalue weighted by Gasteiger charge is 2.14. The zero-order chi connectivity index (χ0) is 18.5. The lowest BCUT2D eigenvalue weighted by atomic mass is 10.1. The molecule has 1 amide bonds. The molecule has 5 nitrogen and oxygen atoms in total. The summed E-state index contributed by atoms with van der Waals surface area (Å²) in [6.45, 7) is 9.57. The zero-order valence-electron chi connectivity index (χ0n) is 16.0. The first-order chi connectivity index (χ1) is 12.6. The lowest BCUT2D eigenvalue weighted by Crippen LogP contribution is -2.35. The highest BCUT2D eigenvalue weighted by molar-refractivity contribution is 5.95. The van der Waals surface area contributed by atoms with Gasteiger partial charge >= 0.3 is 0 Å². The lowest BCUT2D eigenvalue weighted by molar-refractivity contribution is 0.0954. The molecule has 5 heteroatoms. The molecule has 1 saturated heterocycles. The molecule has 1 aromatic carbocycles. The van der Waals surface area contributed by atoms with Crippen LogP contribution < -0.4 is 5.43 Å². The Hall–Kier alpha value is -2.40. The number of nitrogens with zero attached hydrogens (tertiary/aromatic N) is 3. The van der Waals surface area contributed by atoms with Gasteiger partial charge in [-0.05, 0) is 63.2 Å². The summed E-state index contributed by atoms with van der Waals surface area (Å²) in [6.07, 6.45) is 3.05. The number of rotatable bonds is 5. The number of hydrogen-bond acceptors (Lipinski definition) is 3. The number of hydrazone groups is 1. The Labute approximate surface area is 155 Å². The molecule has 0 spiro atoms. The Morgan fingerprint density at radius 3 is 2.23 bits per heavy atom. The molecule has 1 aromatic heterocycles. The van der Waals surface area contributed by atoms with Crippen molar-refractivity contribution in [2.75, 3.05) is 19.6 Å². The van der Waals surface area contributed by atoms with E-state index in [0.717, 1.165) is 43.9 Å². The van der Waals surface area contributed by atoms with Gasteiger partial charge in [-0.3, -0.25) is 4.79 Å². The maximum Gasteiger partial charge on any atom is 0.271 e. The predicted octanol–water partition coefficient (Wildman–Crippen LogP) is 3.69. The van der Waals surface area contributed by atoms with Gasteiger partial charge < -0.3 is 9.47 Å². The van der Waals surface area contributed by atoms with Gasteiger partial charge in [0.15, 0.2) is 0 Å². The molecule has 0 bridgehead atoms. The number of carbonyl (C=O) groups is 1. The van der Waals surface area contributed by atoms with Crippen molar-refractivity contribution in [3.8, 4) is 5.69 Å². The zero-order valence-corrected chi connectivity index (χ0v) is 16.0. The summed E-state index contributed by atoms with van der Waals surface area (Å²) >= 11 is 0. The Kier molecular flexibility index (Phi) is 5.89. The van der Waals surface area contributed by atoms with Crippen LogP contribution in [0, 0.1) is 13.8 Å². The quantitative estimate of drug-likeness (QED) is 0.835. The summed E-state index contributed by atoms with van der Waals surface area (Å²) in [5, 5.41) is 4.34. The van der Waals surface area contributed by atoms with Crippen LogP contribution in [0.1, 0.15) is 47.9 Å². The van der Waals surface area contributed by atoms with Crippen molar-refractivity contribution < 1.29 is 4.79 Å². The maximum atomic E-state index is 12.4. The molecular formula is C21H28N4O. The number of likely N-dealkylation sites (tertiary alicyclic amines) is 1. The molecule has 1 aliphatic rings. The van der Waals surface area contributed by atoms with E-state index in [2.05, 4.69) is 52.9 Å². The van der Waals surface area contributed by atoms with Gasteiger partial charge in [0, 0.05) is 54.3 Å². The molecule has 26 heavy (non-hydrogen) atoms. The van der Waals surface area contributed by atoms with Crippen molar-refractivity contribution in [2.45, 2.75) is 40.0 Å². The molecule has 2 heterocycles. The first kappa shape index (κ1) is 18.4. The summed E-state index contributed by atoms with van der Waals surface area (Å²) < 4.78 is 2.17. The van der Waals surface area contributed by atoms with Crippen molar-refractivity contribution in [3.05, 3.63) is 53.3 Å². The average molecular weight is 352 g/mol. The van der Waals surface area contributed by atoms with Gasteiger partial charge in [-0.15, -0.1) is 0 Å². The standard InChI is InChI=1S/C21H28N4O/c1-4-13-24-14-11-19(12-15-24)22-23-21(26)18-7-9-20(10-8-18)25-16(2)5-6-17(25)3/h5-10H,4,11-15H2,1-3H3,(H,23,26).